The number of carbonyl (C=O) groups excluding carboxylic acids is 1. The molecular weight excluding hydrogens is 247 g/mol. The number of hydrogen-bond donors (Lipinski definition) is 3. The third-order valence-electron chi connectivity index (χ3n) is 2.82. The van der Waals surface area contributed by atoms with Crippen LogP contribution < -0.4 is 10.6 Å². The lowest BCUT2D eigenvalue weighted by molar-refractivity contribution is 0.177. The average Bonchev–Trinajstić information content (AvgIpc) is 2.27. The van der Waals surface area contributed by atoms with E-state index < -0.39 is 17.1 Å². The number of aliphatic hydroxyl groups excluding tert-OH is 1. The van der Waals surface area contributed by atoms with Crippen molar-refractivity contribution in [1.29, 1.82) is 0 Å². The van der Waals surface area contributed by atoms with E-state index >= 15 is 0 Å². The number of hydrogen-bond acceptors (Lipinski definition) is 2. The molecule has 19 heavy (non-hydrogen) atoms. The van der Waals surface area contributed by atoms with E-state index in [1.807, 2.05) is 0 Å². The molecule has 5 heteroatoms. The standard InChI is InChI=1S/C14H21FN2O2/c1-13(2,9-18)16-12(19)17-14(3,4)10-7-5-6-8-11(10)15/h5-8,18H,9H2,1-4H3,(H2,16,17,19). The molecule has 4 nitrogen and oxygen atoms in total. The van der Waals surface area contributed by atoms with E-state index in [-0.39, 0.29) is 12.4 Å². The van der Waals surface area contributed by atoms with Crippen molar-refractivity contribution >= 4 is 6.03 Å². The molecule has 0 radical (unpaired) electrons. The Morgan fingerprint density at radius 2 is 1.79 bits per heavy atom. The summed E-state index contributed by atoms with van der Waals surface area (Å²) in [4.78, 5) is 11.9. The second kappa shape index (κ2) is 5.57. The van der Waals surface area contributed by atoms with E-state index in [0.717, 1.165) is 0 Å². The molecule has 2 amide bonds. The molecule has 3 N–H and O–H groups in total. The Kier molecular flexibility index (Phi) is 4.52. The van der Waals surface area contributed by atoms with Gasteiger partial charge in [0, 0.05) is 5.56 Å². The summed E-state index contributed by atoms with van der Waals surface area (Å²) in [7, 11) is 0. The van der Waals surface area contributed by atoms with Crippen molar-refractivity contribution in [2.45, 2.75) is 38.8 Å². The van der Waals surface area contributed by atoms with Crippen molar-refractivity contribution in [3.8, 4) is 0 Å². The predicted octanol–water partition coefficient (Wildman–Crippen LogP) is 2.13. The maximum atomic E-state index is 13.7. The van der Waals surface area contributed by atoms with Crippen LogP contribution in [0, 0.1) is 5.82 Å². The van der Waals surface area contributed by atoms with Crippen LogP contribution in [0.4, 0.5) is 9.18 Å². The van der Waals surface area contributed by atoms with Gasteiger partial charge >= 0.3 is 6.03 Å². The van der Waals surface area contributed by atoms with Crippen LogP contribution in [0.2, 0.25) is 0 Å². The van der Waals surface area contributed by atoms with Crippen LogP contribution in [-0.2, 0) is 5.54 Å². The lowest BCUT2D eigenvalue weighted by Crippen LogP contribution is -2.54. The van der Waals surface area contributed by atoms with Crippen LogP contribution in [0.5, 0.6) is 0 Å². The largest absolute Gasteiger partial charge is 0.394 e. The zero-order chi connectivity index (χ0) is 14.7. The van der Waals surface area contributed by atoms with Crippen LogP contribution >= 0.6 is 0 Å². The summed E-state index contributed by atoms with van der Waals surface area (Å²) in [6.45, 7) is 6.65. The monoisotopic (exact) mass is 268 g/mol. The molecule has 0 unspecified atom stereocenters. The Morgan fingerprint density at radius 1 is 1.21 bits per heavy atom. The smallest absolute Gasteiger partial charge is 0.315 e. The molecule has 0 fully saturated rings. The second-order valence-corrected chi connectivity index (χ2v) is 5.73. The highest BCUT2D eigenvalue weighted by atomic mass is 19.1. The van der Waals surface area contributed by atoms with E-state index in [4.69, 9.17) is 5.11 Å². The minimum Gasteiger partial charge on any atom is -0.394 e. The number of nitrogens with one attached hydrogen (secondary N) is 2. The molecule has 0 aliphatic carbocycles. The highest BCUT2D eigenvalue weighted by molar-refractivity contribution is 5.75. The van der Waals surface area contributed by atoms with E-state index in [1.54, 1.807) is 45.9 Å². The number of benzene rings is 1. The highest BCUT2D eigenvalue weighted by Gasteiger charge is 2.28. The highest BCUT2D eigenvalue weighted by Crippen LogP contribution is 2.22. The van der Waals surface area contributed by atoms with Crippen molar-refractivity contribution in [3.63, 3.8) is 0 Å². The summed E-state index contributed by atoms with van der Waals surface area (Å²) in [5.74, 6) is -0.366. The number of urea groups is 1. The van der Waals surface area contributed by atoms with Crippen molar-refractivity contribution < 1.29 is 14.3 Å². The summed E-state index contributed by atoms with van der Waals surface area (Å²) in [5.41, 5.74) is -1.16. The van der Waals surface area contributed by atoms with Gasteiger partial charge in [0.1, 0.15) is 5.82 Å². The van der Waals surface area contributed by atoms with Gasteiger partial charge in [0.2, 0.25) is 0 Å². The first-order valence-corrected chi connectivity index (χ1v) is 6.14. The average molecular weight is 268 g/mol. The lowest BCUT2D eigenvalue weighted by atomic mass is 9.94. The molecule has 1 aromatic rings. The van der Waals surface area contributed by atoms with Crippen LogP contribution in [-0.4, -0.2) is 23.3 Å². The van der Waals surface area contributed by atoms with Crippen molar-refractivity contribution in [3.05, 3.63) is 35.6 Å². The first-order valence-electron chi connectivity index (χ1n) is 6.14. The van der Waals surface area contributed by atoms with Gasteiger partial charge in [0.15, 0.2) is 0 Å². The summed E-state index contributed by atoms with van der Waals surface area (Å²) < 4.78 is 13.7. The first-order chi connectivity index (χ1) is 8.68. The predicted molar refractivity (Wildman–Crippen MR) is 72.3 cm³/mol. The minimum absolute atomic E-state index is 0.180. The number of halogens is 1. The zero-order valence-electron chi connectivity index (χ0n) is 11.7. The van der Waals surface area contributed by atoms with Crippen molar-refractivity contribution in [2.24, 2.45) is 0 Å². The van der Waals surface area contributed by atoms with Gasteiger partial charge in [-0.2, -0.15) is 0 Å². The fourth-order valence-corrected chi connectivity index (χ4v) is 1.70. The van der Waals surface area contributed by atoms with Crippen molar-refractivity contribution in [2.75, 3.05) is 6.61 Å². The number of carbonyl (C=O) groups is 1. The van der Waals surface area contributed by atoms with E-state index in [1.165, 1.54) is 6.07 Å². The molecule has 1 aromatic carbocycles. The van der Waals surface area contributed by atoms with Gasteiger partial charge in [-0.3, -0.25) is 0 Å². The maximum absolute atomic E-state index is 13.7. The molecule has 106 valence electrons. The second-order valence-electron chi connectivity index (χ2n) is 5.73. The van der Waals surface area contributed by atoms with E-state index in [9.17, 15) is 9.18 Å². The Labute approximate surface area is 113 Å². The lowest BCUT2D eigenvalue weighted by Gasteiger charge is -2.30. The van der Waals surface area contributed by atoms with Crippen LogP contribution in [0.1, 0.15) is 33.3 Å². The van der Waals surface area contributed by atoms with Gasteiger partial charge in [-0.25, -0.2) is 9.18 Å². The molecule has 0 aliphatic heterocycles. The van der Waals surface area contributed by atoms with Gasteiger partial charge in [-0.05, 0) is 33.8 Å². The fraction of sp³-hybridized carbons (Fsp3) is 0.500. The Hall–Kier alpha value is -1.62. The summed E-state index contributed by atoms with van der Waals surface area (Å²) >= 11 is 0. The molecule has 0 spiro atoms. The summed E-state index contributed by atoms with van der Waals surface area (Å²) in [6, 6.07) is 5.86. The molecular formula is C14H21FN2O2. The number of rotatable bonds is 4. The minimum atomic E-state index is -0.846. The molecule has 0 aromatic heterocycles. The maximum Gasteiger partial charge on any atom is 0.315 e. The summed E-state index contributed by atoms with van der Waals surface area (Å²) in [5, 5.41) is 14.4. The Balaban J connectivity index is 2.81. The SMILES string of the molecule is CC(C)(CO)NC(=O)NC(C)(C)c1ccccc1F. The zero-order valence-corrected chi connectivity index (χ0v) is 11.7. The van der Waals surface area contributed by atoms with Gasteiger partial charge in [-0.15, -0.1) is 0 Å². The van der Waals surface area contributed by atoms with Crippen LogP contribution in [0.25, 0.3) is 0 Å². The molecule has 1 rings (SSSR count). The Morgan fingerprint density at radius 3 is 2.32 bits per heavy atom. The normalized spacial score (nSPS) is 12.1. The number of aliphatic hydroxyl groups is 1. The molecule has 0 bridgehead atoms. The Bertz CT molecular complexity index is 459. The molecule has 0 heterocycles. The molecule has 0 aliphatic rings. The topological polar surface area (TPSA) is 61.4 Å². The number of amides is 2. The van der Waals surface area contributed by atoms with E-state index in [2.05, 4.69) is 10.6 Å². The first kappa shape index (κ1) is 15.4. The van der Waals surface area contributed by atoms with Gasteiger partial charge in [-0.1, -0.05) is 18.2 Å². The summed E-state index contributed by atoms with van der Waals surface area (Å²) in [6.07, 6.45) is 0. The van der Waals surface area contributed by atoms with Crippen molar-refractivity contribution in [1.82, 2.24) is 10.6 Å². The van der Waals surface area contributed by atoms with Crippen LogP contribution in [0.3, 0.4) is 0 Å². The van der Waals surface area contributed by atoms with Crippen LogP contribution in [0.15, 0.2) is 24.3 Å². The van der Waals surface area contributed by atoms with E-state index in [0.29, 0.717) is 5.56 Å². The third-order valence-corrected chi connectivity index (χ3v) is 2.82. The van der Waals surface area contributed by atoms with Gasteiger partial charge in [0.25, 0.3) is 0 Å². The molecule has 0 saturated carbocycles. The quantitative estimate of drug-likeness (QED) is 0.783. The third kappa shape index (κ3) is 4.21. The molecule has 0 saturated heterocycles. The van der Waals surface area contributed by atoms with Gasteiger partial charge in [0.05, 0.1) is 17.7 Å². The molecule has 0 atom stereocenters. The fourth-order valence-electron chi connectivity index (χ4n) is 1.70. The van der Waals surface area contributed by atoms with Gasteiger partial charge < -0.3 is 15.7 Å².